The Balaban J connectivity index is 1.37. The zero-order valence-corrected chi connectivity index (χ0v) is 23.7. The summed E-state index contributed by atoms with van der Waals surface area (Å²) in [6, 6.07) is 7.04. The zero-order valence-electron chi connectivity index (χ0n) is 23.7. The molecule has 1 aliphatic carbocycles. The lowest BCUT2D eigenvalue weighted by atomic mass is 9.90. The Morgan fingerprint density at radius 2 is 1.75 bits per heavy atom. The largest absolute Gasteiger partial charge is 0.508 e. The Hall–Kier alpha value is -3.48. The number of aromatic nitrogens is 2. The topological polar surface area (TPSA) is 163 Å². The molecule has 0 radical (unpaired) electrons. The van der Waals surface area contributed by atoms with Crippen molar-refractivity contribution < 1.29 is 14.7 Å². The van der Waals surface area contributed by atoms with E-state index in [-0.39, 0.29) is 23.5 Å². The normalized spacial score (nSPS) is 20.1. The first-order valence-corrected chi connectivity index (χ1v) is 14.0. The number of nitrogens with two attached hydrogens (primary N) is 2. The Bertz CT molecular complexity index is 1260. The number of benzene rings is 1. The highest BCUT2D eigenvalue weighted by Gasteiger charge is 2.31. The lowest BCUT2D eigenvalue weighted by Crippen LogP contribution is -2.58. The third-order valence-electron chi connectivity index (χ3n) is 7.83. The predicted octanol–water partition coefficient (Wildman–Crippen LogP) is 1.44. The van der Waals surface area contributed by atoms with Crippen LogP contribution in [0.2, 0.25) is 0 Å². The van der Waals surface area contributed by atoms with E-state index >= 15 is 0 Å². The minimum absolute atomic E-state index is 0.114. The van der Waals surface area contributed by atoms with Gasteiger partial charge in [-0.05, 0) is 58.2 Å². The number of phenols is 1. The molecule has 2 fully saturated rings. The molecule has 12 nitrogen and oxygen atoms in total. The fraction of sp³-hybridized carbons (Fsp3) is 0.571. The molecule has 4 rings (SSSR count). The van der Waals surface area contributed by atoms with Crippen LogP contribution in [0.3, 0.4) is 0 Å². The average Bonchev–Trinajstić information content (AvgIpc) is 2.92. The van der Waals surface area contributed by atoms with Crippen molar-refractivity contribution in [3.63, 3.8) is 0 Å². The first kappa shape index (κ1) is 29.5. The summed E-state index contributed by atoms with van der Waals surface area (Å²) in [6.07, 6.45) is 5.66. The first-order valence-electron chi connectivity index (χ1n) is 14.0. The summed E-state index contributed by atoms with van der Waals surface area (Å²) in [5, 5.41) is 13.4. The van der Waals surface area contributed by atoms with E-state index in [0.717, 1.165) is 37.8 Å². The molecule has 1 aromatic heterocycles. The lowest BCUT2D eigenvalue weighted by molar-refractivity contribution is -0.137. The standard InChI is InChI=1S/C28H42N8O4/c1-4-33(21-9-6-20(29)7-10-21)18-19-5-8-22(17-23(19)37)36-12-11-24(32-27(36)40)31-26(39)35-15-13-34(14-16-35)25(38)28(2,3)30/h5,8,11-12,17,20-21,37H,4,6-7,9-10,13-16,18,29-30H2,1-3H3,(H,31,32,39,40). The summed E-state index contributed by atoms with van der Waals surface area (Å²) in [7, 11) is 0. The molecule has 218 valence electrons. The van der Waals surface area contributed by atoms with Gasteiger partial charge in [0.25, 0.3) is 0 Å². The van der Waals surface area contributed by atoms with Gasteiger partial charge in [-0.3, -0.25) is 19.6 Å². The van der Waals surface area contributed by atoms with Gasteiger partial charge in [-0.2, -0.15) is 4.98 Å². The lowest BCUT2D eigenvalue weighted by Gasteiger charge is -2.37. The van der Waals surface area contributed by atoms with Crippen molar-refractivity contribution in [3.05, 3.63) is 46.5 Å². The molecule has 2 aliphatic rings. The second-order valence-corrected chi connectivity index (χ2v) is 11.3. The van der Waals surface area contributed by atoms with Crippen LogP contribution in [0.1, 0.15) is 52.0 Å². The Labute approximate surface area is 234 Å². The number of nitrogens with zero attached hydrogens (tertiary/aromatic N) is 5. The van der Waals surface area contributed by atoms with Gasteiger partial charge in [0.15, 0.2) is 0 Å². The number of hydrogen-bond donors (Lipinski definition) is 4. The summed E-state index contributed by atoms with van der Waals surface area (Å²) >= 11 is 0. The minimum atomic E-state index is -0.963. The van der Waals surface area contributed by atoms with E-state index in [0.29, 0.717) is 44.5 Å². The zero-order chi connectivity index (χ0) is 29.0. The number of urea groups is 1. The van der Waals surface area contributed by atoms with Gasteiger partial charge in [0.05, 0.1) is 11.2 Å². The molecule has 3 amide bonds. The van der Waals surface area contributed by atoms with E-state index in [1.165, 1.54) is 16.8 Å². The van der Waals surface area contributed by atoms with E-state index in [1.807, 2.05) is 6.07 Å². The molecular formula is C28H42N8O4. The van der Waals surface area contributed by atoms with E-state index in [9.17, 15) is 19.5 Å². The molecule has 1 saturated carbocycles. The van der Waals surface area contributed by atoms with Crippen LogP contribution in [0.4, 0.5) is 10.6 Å². The third-order valence-corrected chi connectivity index (χ3v) is 7.83. The van der Waals surface area contributed by atoms with Crippen molar-refractivity contribution in [1.29, 1.82) is 0 Å². The molecule has 1 saturated heterocycles. The molecule has 1 aromatic carbocycles. The van der Waals surface area contributed by atoms with Crippen molar-refractivity contribution in [1.82, 2.24) is 24.3 Å². The second-order valence-electron chi connectivity index (χ2n) is 11.3. The molecule has 0 atom stereocenters. The monoisotopic (exact) mass is 554 g/mol. The molecule has 40 heavy (non-hydrogen) atoms. The maximum atomic E-state index is 12.8. The van der Waals surface area contributed by atoms with Crippen molar-refractivity contribution >= 4 is 17.8 Å². The Morgan fingerprint density at radius 3 is 2.33 bits per heavy atom. The third kappa shape index (κ3) is 6.98. The van der Waals surface area contributed by atoms with Gasteiger partial charge in [0.1, 0.15) is 11.6 Å². The number of nitrogens with one attached hydrogen (secondary N) is 1. The SMILES string of the molecule is CCN(Cc1ccc(-n2ccc(NC(=O)N3CCN(C(=O)C(C)(C)N)CC3)nc2=O)cc1O)C1CCC(N)CC1. The van der Waals surface area contributed by atoms with Crippen LogP contribution in [0.25, 0.3) is 5.69 Å². The van der Waals surface area contributed by atoms with Crippen molar-refractivity contribution in [2.24, 2.45) is 11.5 Å². The van der Waals surface area contributed by atoms with Crippen LogP contribution >= 0.6 is 0 Å². The van der Waals surface area contributed by atoms with Crippen LogP contribution < -0.4 is 22.5 Å². The fourth-order valence-corrected chi connectivity index (χ4v) is 5.40. The highest BCUT2D eigenvalue weighted by molar-refractivity contribution is 5.89. The van der Waals surface area contributed by atoms with E-state index in [2.05, 4.69) is 22.1 Å². The van der Waals surface area contributed by atoms with Crippen LogP contribution in [0, 0.1) is 0 Å². The molecule has 0 bridgehead atoms. The number of phenolic OH excluding ortho intramolecular Hbond substituents is 1. The second kappa shape index (κ2) is 12.4. The minimum Gasteiger partial charge on any atom is -0.508 e. The maximum Gasteiger partial charge on any atom is 0.354 e. The molecular weight excluding hydrogens is 512 g/mol. The van der Waals surface area contributed by atoms with Gasteiger partial charge >= 0.3 is 11.7 Å². The van der Waals surface area contributed by atoms with E-state index in [1.54, 1.807) is 35.8 Å². The van der Waals surface area contributed by atoms with Gasteiger partial charge in [-0.15, -0.1) is 0 Å². The summed E-state index contributed by atoms with van der Waals surface area (Å²) < 4.78 is 1.32. The predicted molar refractivity (Wildman–Crippen MR) is 153 cm³/mol. The van der Waals surface area contributed by atoms with E-state index < -0.39 is 17.3 Å². The Morgan fingerprint density at radius 1 is 1.10 bits per heavy atom. The molecule has 1 aliphatic heterocycles. The number of rotatable bonds is 7. The molecule has 0 spiro atoms. The highest BCUT2D eigenvalue weighted by Crippen LogP contribution is 2.27. The molecule has 2 aromatic rings. The maximum absolute atomic E-state index is 12.8. The summed E-state index contributed by atoms with van der Waals surface area (Å²) in [4.78, 5) is 47.5. The highest BCUT2D eigenvalue weighted by atomic mass is 16.3. The van der Waals surface area contributed by atoms with Crippen molar-refractivity contribution in [3.8, 4) is 11.4 Å². The molecule has 2 heterocycles. The molecule has 0 unspecified atom stereocenters. The van der Waals surface area contributed by atoms with Crippen LogP contribution in [0.5, 0.6) is 5.75 Å². The van der Waals surface area contributed by atoms with Gasteiger partial charge in [-0.25, -0.2) is 9.59 Å². The van der Waals surface area contributed by atoms with Crippen molar-refractivity contribution in [2.75, 3.05) is 38.0 Å². The quantitative estimate of drug-likeness (QED) is 0.400. The van der Waals surface area contributed by atoms with Gasteiger partial charge in [0, 0.05) is 62.6 Å². The van der Waals surface area contributed by atoms with Crippen LogP contribution in [0.15, 0.2) is 35.3 Å². The van der Waals surface area contributed by atoms with Gasteiger partial charge < -0.3 is 26.4 Å². The summed E-state index contributed by atoms with van der Waals surface area (Å²) in [5.41, 5.74) is 11.7. The van der Waals surface area contributed by atoms with Crippen molar-refractivity contribution in [2.45, 2.75) is 70.6 Å². The number of hydrogen-bond acceptors (Lipinski definition) is 8. The summed E-state index contributed by atoms with van der Waals surface area (Å²) in [5.74, 6) is 0.0804. The Kier molecular flexibility index (Phi) is 9.12. The number of anilines is 1. The average molecular weight is 555 g/mol. The molecule has 6 N–H and O–H groups in total. The van der Waals surface area contributed by atoms with Gasteiger partial charge in [0.2, 0.25) is 5.91 Å². The molecule has 12 heteroatoms. The van der Waals surface area contributed by atoms with Gasteiger partial charge in [-0.1, -0.05) is 13.0 Å². The summed E-state index contributed by atoms with van der Waals surface area (Å²) in [6.45, 7) is 8.39. The van der Waals surface area contributed by atoms with Crippen LogP contribution in [-0.2, 0) is 11.3 Å². The fourth-order valence-electron chi connectivity index (χ4n) is 5.40. The first-order chi connectivity index (χ1) is 19.0. The van der Waals surface area contributed by atoms with E-state index in [4.69, 9.17) is 11.5 Å². The number of aromatic hydroxyl groups is 1. The number of piperazine rings is 1. The van der Waals surface area contributed by atoms with Crippen LogP contribution in [-0.4, -0.2) is 91.6 Å². The number of carbonyl (C=O) groups excluding carboxylic acids is 2. The number of carbonyl (C=O) groups is 2. The number of amides is 3. The smallest absolute Gasteiger partial charge is 0.354 e.